The van der Waals surface area contributed by atoms with Crippen LogP contribution >= 0.6 is 11.8 Å². The van der Waals surface area contributed by atoms with Gasteiger partial charge in [0.1, 0.15) is 12.4 Å². The zero-order valence-corrected chi connectivity index (χ0v) is 16.5. The highest BCUT2D eigenvalue weighted by Gasteiger charge is 2.34. The van der Waals surface area contributed by atoms with E-state index in [0.717, 1.165) is 22.9 Å². The lowest BCUT2D eigenvalue weighted by atomic mass is 10.1. The number of thioether (sulfide) groups is 1. The van der Waals surface area contributed by atoms with Crippen LogP contribution in [0.3, 0.4) is 0 Å². The van der Waals surface area contributed by atoms with Crippen LogP contribution in [0, 0.1) is 0 Å². The van der Waals surface area contributed by atoms with Crippen LogP contribution in [0.15, 0.2) is 53.4 Å². The second kappa shape index (κ2) is 9.40. The van der Waals surface area contributed by atoms with E-state index in [4.69, 9.17) is 14.6 Å². The fourth-order valence-electron chi connectivity index (χ4n) is 2.60. The Balaban J connectivity index is 1.60. The number of amides is 2. The molecule has 2 aromatic rings. The van der Waals surface area contributed by atoms with E-state index in [0.29, 0.717) is 23.9 Å². The second-order valence-corrected chi connectivity index (χ2v) is 7.18. The lowest BCUT2D eigenvalue weighted by Crippen LogP contribution is -2.31. The molecular weight excluding hydrogens is 394 g/mol. The van der Waals surface area contributed by atoms with Gasteiger partial charge in [0.25, 0.3) is 11.1 Å². The highest BCUT2D eigenvalue weighted by molar-refractivity contribution is 8.18. The minimum atomic E-state index is -0.968. The van der Waals surface area contributed by atoms with Gasteiger partial charge in [0.2, 0.25) is 0 Å². The predicted molar refractivity (Wildman–Crippen MR) is 109 cm³/mol. The molecule has 150 valence electrons. The first-order chi connectivity index (χ1) is 14.0. The lowest BCUT2D eigenvalue weighted by Gasteiger charge is -2.10. The molecule has 7 nitrogen and oxygen atoms in total. The normalized spacial score (nSPS) is 15.2. The summed E-state index contributed by atoms with van der Waals surface area (Å²) in [6.07, 6.45) is 1.67. The standard InChI is InChI=1S/C21H19NO6S/c1-27-11-10-22-19(23)18(29-21(22)26)12-14-4-8-17(9-5-14)28-13-15-2-6-16(7-3-15)20(24)25/h2-9,12H,10-11,13H2,1H3,(H,24,25). The third-order valence-corrected chi connectivity index (χ3v) is 5.08. The molecule has 0 spiro atoms. The summed E-state index contributed by atoms with van der Waals surface area (Å²) in [5, 5.41) is 8.61. The molecule has 1 aliphatic rings. The maximum Gasteiger partial charge on any atom is 0.335 e. The number of carbonyl (C=O) groups is 3. The smallest absolute Gasteiger partial charge is 0.335 e. The van der Waals surface area contributed by atoms with Crippen LogP contribution < -0.4 is 4.74 Å². The largest absolute Gasteiger partial charge is 0.489 e. The van der Waals surface area contributed by atoms with Crippen molar-refractivity contribution in [2.45, 2.75) is 6.61 Å². The molecule has 1 fully saturated rings. The summed E-state index contributed by atoms with van der Waals surface area (Å²) in [5.74, 6) is -0.649. The van der Waals surface area contributed by atoms with Gasteiger partial charge in [-0.25, -0.2) is 4.79 Å². The Hall–Kier alpha value is -3.10. The quantitative estimate of drug-likeness (QED) is 0.660. The maximum absolute atomic E-state index is 12.3. The first kappa shape index (κ1) is 20.6. The van der Waals surface area contributed by atoms with E-state index in [9.17, 15) is 14.4 Å². The van der Waals surface area contributed by atoms with E-state index in [2.05, 4.69) is 0 Å². The van der Waals surface area contributed by atoms with E-state index in [1.54, 1.807) is 42.5 Å². The first-order valence-corrected chi connectivity index (χ1v) is 9.59. The van der Waals surface area contributed by atoms with Crippen LogP contribution in [0.1, 0.15) is 21.5 Å². The Kier molecular flexibility index (Phi) is 6.69. The van der Waals surface area contributed by atoms with Gasteiger partial charge in [-0.2, -0.15) is 0 Å². The number of imide groups is 1. The molecule has 2 aromatic carbocycles. The van der Waals surface area contributed by atoms with Gasteiger partial charge in [0, 0.05) is 7.11 Å². The predicted octanol–water partition coefficient (Wildman–Crippen LogP) is 3.65. The average Bonchev–Trinajstić information content (AvgIpc) is 2.98. The summed E-state index contributed by atoms with van der Waals surface area (Å²) in [4.78, 5) is 36.7. The van der Waals surface area contributed by atoms with E-state index in [1.165, 1.54) is 24.1 Å². The van der Waals surface area contributed by atoms with Crippen LogP contribution in [0.4, 0.5) is 4.79 Å². The molecule has 1 aliphatic heterocycles. The number of rotatable bonds is 8. The van der Waals surface area contributed by atoms with Gasteiger partial charge < -0.3 is 14.6 Å². The van der Waals surface area contributed by atoms with Gasteiger partial charge >= 0.3 is 5.97 Å². The fourth-order valence-corrected chi connectivity index (χ4v) is 3.46. The molecule has 0 radical (unpaired) electrons. The van der Waals surface area contributed by atoms with Crippen molar-refractivity contribution in [3.05, 3.63) is 70.1 Å². The number of hydrogen-bond donors (Lipinski definition) is 1. The number of hydrogen-bond acceptors (Lipinski definition) is 6. The average molecular weight is 413 g/mol. The highest BCUT2D eigenvalue weighted by Crippen LogP contribution is 2.32. The van der Waals surface area contributed by atoms with Crippen LogP contribution in [0.25, 0.3) is 6.08 Å². The van der Waals surface area contributed by atoms with Gasteiger partial charge in [-0.1, -0.05) is 24.3 Å². The first-order valence-electron chi connectivity index (χ1n) is 8.77. The molecular formula is C21H19NO6S. The molecule has 0 saturated carbocycles. The van der Waals surface area contributed by atoms with E-state index < -0.39 is 5.97 Å². The molecule has 1 heterocycles. The maximum atomic E-state index is 12.3. The van der Waals surface area contributed by atoms with E-state index >= 15 is 0 Å². The summed E-state index contributed by atoms with van der Waals surface area (Å²) in [7, 11) is 1.52. The Morgan fingerprint density at radius 1 is 1.10 bits per heavy atom. The van der Waals surface area contributed by atoms with Crippen molar-refractivity contribution in [3.63, 3.8) is 0 Å². The van der Waals surface area contributed by atoms with Crippen molar-refractivity contribution in [3.8, 4) is 5.75 Å². The van der Waals surface area contributed by atoms with Gasteiger partial charge in [-0.05, 0) is 53.2 Å². The van der Waals surface area contributed by atoms with Gasteiger partial charge in [-0.3, -0.25) is 14.5 Å². The number of ether oxygens (including phenoxy) is 2. The SMILES string of the molecule is COCCN1C(=O)SC(=Cc2ccc(OCc3ccc(C(=O)O)cc3)cc2)C1=O. The van der Waals surface area contributed by atoms with Crippen molar-refractivity contribution in [1.82, 2.24) is 4.90 Å². The molecule has 0 atom stereocenters. The zero-order chi connectivity index (χ0) is 20.8. The van der Waals surface area contributed by atoms with Crippen LogP contribution in [0.5, 0.6) is 5.75 Å². The number of aromatic carboxylic acids is 1. The van der Waals surface area contributed by atoms with Crippen LogP contribution in [-0.2, 0) is 16.1 Å². The van der Waals surface area contributed by atoms with Gasteiger partial charge in [0.15, 0.2) is 0 Å². The van der Waals surface area contributed by atoms with Crippen molar-refractivity contribution < 1.29 is 29.0 Å². The van der Waals surface area contributed by atoms with Crippen molar-refractivity contribution >= 4 is 35.0 Å². The Bertz CT molecular complexity index is 937. The number of carbonyl (C=O) groups excluding carboxylic acids is 2. The third-order valence-electron chi connectivity index (χ3n) is 4.18. The minimum absolute atomic E-state index is 0.227. The molecule has 1 saturated heterocycles. The summed E-state index contributed by atoms with van der Waals surface area (Å²) >= 11 is 0.912. The summed E-state index contributed by atoms with van der Waals surface area (Å²) in [6.45, 7) is 0.840. The number of carboxylic acids is 1. The molecule has 0 bridgehead atoms. The molecule has 3 rings (SSSR count). The van der Waals surface area contributed by atoms with Gasteiger partial charge in [-0.15, -0.1) is 0 Å². The van der Waals surface area contributed by atoms with E-state index in [-0.39, 0.29) is 23.3 Å². The van der Waals surface area contributed by atoms with Crippen molar-refractivity contribution in [2.24, 2.45) is 0 Å². The molecule has 8 heteroatoms. The molecule has 0 unspecified atom stereocenters. The molecule has 2 amide bonds. The Morgan fingerprint density at radius 2 is 1.79 bits per heavy atom. The van der Waals surface area contributed by atoms with E-state index in [1.807, 2.05) is 0 Å². The summed E-state index contributed by atoms with van der Waals surface area (Å²) < 4.78 is 10.6. The second-order valence-electron chi connectivity index (χ2n) is 6.19. The third kappa shape index (κ3) is 5.24. The Labute approximate surface area is 171 Å². The van der Waals surface area contributed by atoms with Crippen molar-refractivity contribution in [2.75, 3.05) is 20.3 Å². The zero-order valence-electron chi connectivity index (χ0n) is 15.7. The monoisotopic (exact) mass is 413 g/mol. The summed E-state index contributed by atoms with van der Waals surface area (Å²) in [5.41, 5.74) is 1.86. The van der Waals surface area contributed by atoms with Gasteiger partial charge in [0.05, 0.1) is 23.6 Å². The summed E-state index contributed by atoms with van der Waals surface area (Å²) in [6, 6.07) is 13.6. The number of carboxylic acid groups (broad SMARTS) is 1. The Morgan fingerprint density at radius 3 is 2.41 bits per heavy atom. The highest BCUT2D eigenvalue weighted by atomic mass is 32.2. The topological polar surface area (TPSA) is 93.1 Å². The van der Waals surface area contributed by atoms with Crippen LogP contribution in [-0.4, -0.2) is 47.4 Å². The lowest BCUT2D eigenvalue weighted by molar-refractivity contribution is -0.123. The van der Waals surface area contributed by atoms with Crippen LogP contribution in [0.2, 0.25) is 0 Å². The molecule has 29 heavy (non-hydrogen) atoms. The van der Waals surface area contributed by atoms with Crippen molar-refractivity contribution in [1.29, 1.82) is 0 Å². The molecule has 0 aromatic heterocycles. The number of methoxy groups -OCH3 is 1. The minimum Gasteiger partial charge on any atom is -0.489 e. The molecule has 1 N–H and O–H groups in total. The molecule has 0 aliphatic carbocycles. The number of benzene rings is 2. The number of nitrogens with zero attached hydrogens (tertiary/aromatic N) is 1. The fraction of sp³-hybridized carbons (Fsp3) is 0.190.